The van der Waals surface area contributed by atoms with Crippen LogP contribution >= 0.6 is 11.3 Å². The molecule has 0 unspecified atom stereocenters. The van der Waals surface area contributed by atoms with E-state index in [1.54, 1.807) is 12.1 Å². The zero-order valence-corrected chi connectivity index (χ0v) is 13.9. The Morgan fingerprint density at radius 3 is 2.83 bits per heavy atom. The molecule has 0 aliphatic heterocycles. The van der Waals surface area contributed by atoms with E-state index in [1.807, 2.05) is 30.5 Å². The lowest BCUT2D eigenvalue weighted by Crippen LogP contribution is -2.12. The van der Waals surface area contributed by atoms with E-state index < -0.39 is 5.82 Å². The first-order valence-corrected chi connectivity index (χ1v) is 8.40. The second-order valence-corrected chi connectivity index (χ2v) is 5.97. The van der Waals surface area contributed by atoms with Crippen LogP contribution in [0.25, 0.3) is 11.3 Å². The summed E-state index contributed by atoms with van der Waals surface area (Å²) in [5, 5.41) is 8.78. The highest BCUT2D eigenvalue weighted by molar-refractivity contribution is 7.14. The number of anilines is 2. The van der Waals surface area contributed by atoms with Gasteiger partial charge in [-0.3, -0.25) is 4.79 Å². The van der Waals surface area contributed by atoms with Crippen molar-refractivity contribution in [3.05, 3.63) is 65.3 Å². The molecule has 3 rings (SSSR count). The Balaban J connectivity index is 1.78. The molecule has 1 heterocycles. The molecular formula is C18H16FN3OS. The summed E-state index contributed by atoms with van der Waals surface area (Å²) in [6.07, 6.45) is 0. The molecule has 0 saturated heterocycles. The van der Waals surface area contributed by atoms with Crippen LogP contribution in [0.15, 0.2) is 53.9 Å². The number of thiazole rings is 1. The highest BCUT2D eigenvalue weighted by atomic mass is 32.1. The van der Waals surface area contributed by atoms with Gasteiger partial charge in [-0.05, 0) is 37.3 Å². The first kappa shape index (κ1) is 16.1. The number of halogens is 1. The molecule has 2 aromatic carbocycles. The molecule has 0 aliphatic rings. The number of hydrogen-bond donors (Lipinski definition) is 2. The minimum atomic E-state index is -0.435. The summed E-state index contributed by atoms with van der Waals surface area (Å²) < 4.78 is 13.2. The Kier molecular flexibility index (Phi) is 4.86. The number of rotatable bonds is 5. The minimum Gasteiger partial charge on any atom is -0.362 e. The van der Waals surface area contributed by atoms with Gasteiger partial charge in [0.25, 0.3) is 5.91 Å². The fourth-order valence-electron chi connectivity index (χ4n) is 2.23. The standard InChI is InChI=1S/C18H16FN3OS/c1-2-20-18-22-16(11-24-18)12-5-4-8-15(10-12)21-17(23)13-6-3-7-14(19)9-13/h3-11H,2H2,1H3,(H,20,22)(H,21,23). The molecule has 0 radical (unpaired) electrons. The third-order valence-corrected chi connectivity index (χ3v) is 4.14. The summed E-state index contributed by atoms with van der Waals surface area (Å²) in [5.41, 5.74) is 2.67. The molecule has 0 saturated carbocycles. The van der Waals surface area contributed by atoms with Crippen LogP contribution in [0.2, 0.25) is 0 Å². The van der Waals surface area contributed by atoms with Crippen molar-refractivity contribution in [2.75, 3.05) is 17.2 Å². The van der Waals surface area contributed by atoms with Gasteiger partial charge in [-0.15, -0.1) is 11.3 Å². The van der Waals surface area contributed by atoms with Gasteiger partial charge in [0.15, 0.2) is 5.13 Å². The predicted molar refractivity (Wildman–Crippen MR) is 96.1 cm³/mol. The van der Waals surface area contributed by atoms with E-state index in [9.17, 15) is 9.18 Å². The van der Waals surface area contributed by atoms with Crippen LogP contribution < -0.4 is 10.6 Å². The highest BCUT2D eigenvalue weighted by Crippen LogP contribution is 2.26. The molecule has 1 aromatic heterocycles. The fourth-order valence-corrected chi connectivity index (χ4v) is 3.02. The minimum absolute atomic E-state index is 0.281. The summed E-state index contributed by atoms with van der Waals surface area (Å²) in [6, 6.07) is 13.0. The third-order valence-electron chi connectivity index (χ3n) is 3.34. The molecule has 0 atom stereocenters. The van der Waals surface area contributed by atoms with Crippen molar-refractivity contribution >= 4 is 28.1 Å². The fraction of sp³-hybridized carbons (Fsp3) is 0.111. The quantitative estimate of drug-likeness (QED) is 0.711. The van der Waals surface area contributed by atoms with Gasteiger partial charge >= 0.3 is 0 Å². The average Bonchev–Trinajstić information content (AvgIpc) is 3.04. The summed E-state index contributed by atoms with van der Waals surface area (Å²) in [5.74, 6) is -0.784. The van der Waals surface area contributed by atoms with E-state index in [0.717, 1.165) is 22.9 Å². The first-order chi connectivity index (χ1) is 11.7. The topological polar surface area (TPSA) is 54.0 Å². The maximum atomic E-state index is 13.2. The number of benzene rings is 2. The molecule has 24 heavy (non-hydrogen) atoms. The number of carbonyl (C=O) groups is 1. The van der Waals surface area contributed by atoms with Crippen LogP contribution in [0.5, 0.6) is 0 Å². The molecule has 0 aliphatic carbocycles. The van der Waals surface area contributed by atoms with Gasteiger partial charge in [-0.2, -0.15) is 0 Å². The van der Waals surface area contributed by atoms with Crippen molar-refractivity contribution in [2.24, 2.45) is 0 Å². The van der Waals surface area contributed by atoms with E-state index in [4.69, 9.17) is 0 Å². The van der Waals surface area contributed by atoms with Crippen LogP contribution in [0.1, 0.15) is 17.3 Å². The van der Waals surface area contributed by atoms with Crippen LogP contribution in [0, 0.1) is 5.82 Å². The van der Waals surface area contributed by atoms with Crippen LogP contribution in [0.3, 0.4) is 0 Å². The van der Waals surface area contributed by atoms with Crippen molar-refractivity contribution in [3.8, 4) is 11.3 Å². The predicted octanol–water partition coefficient (Wildman–Crippen LogP) is 4.63. The van der Waals surface area contributed by atoms with E-state index in [2.05, 4.69) is 15.6 Å². The number of aromatic nitrogens is 1. The maximum absolute atomic E-state index is 13.2. The Morgan fingerprint density at radius 2 is 2.04 bits per heavy atom. The monoisotopic (exact) mass is 341 g/mol. The molecular weight excluding hydrogens is 325 g/mol. The van der Waals surface area contributed by atoms with Crippen LogP contribution in [-0.2, 0) is 0 Å². The van der Waals surface area contributed by atoms with Gasteiger partial charge < -0.3 is 10.6 Å². The Hall–Kier alpha value is -2.73. The second kappa shape index (κ2) is 7.23. The summed E-state index contributed by atoms with van der Waals surface area (Å²) in [4.78, 5) is 16.7. The first-order valence-electron chi connectivity index (χ1n) is 7.52. The lowest BCUT2D eigenvalue weighted by Gasteiger charge is -2.07. The summed E-state index contributed by atoms with van der Waals surface area (Å²) in [6.45, 7) is 2.83. The van der Waals surface area contributed by atoms with Gasteiger partial charge in [0.1, 0.15) is 5.82 Å². The van der Waals surface area contributed by atoms with Crippen molar-refractivity contribution in [2.45, 2.75) is 6.92 Å². The molecule has 4 nitrogen and oxygen atoms in total. The molecule has 0 spiro atoms. The third kappa shape index (κ3) is 3.78. The number of nitrogens with zero attached hydrogens (tertiary/aromatic N) is 1. The molecule has 0 fully saturated rings. The SMILES string of the molecule is CCNc1nc(-c2cccc(NC(=O)c3cccc(F)c3)c2)cs1. The van der Waals surface area contributed by atoms with Crippen molar-refractivity contribution in [1.82, 2.24) is 4.98 Å². The van der Waals surface area contributed by atoms with Crippen LogP contribution in [0.4, 0.5) is 15.2 Å². The number of nitrogens with one attached hydrogen (secondary N) is 2. The normalized spacial score (nSPS) is 10.4. The van der Waals surface area contributed by atoms with E-state index in [1.165, 1.54) is 29.5 Å². The zero-order valence-electron chi connectivity index (χ0n) is 13.0. The maximum Gasteiger partial charge on any atom is 0.255 e. The molecule has 2 N–H and O–H groups in total. The van der Waals surface area contributed by atoms with Gasteiger partial charge in [-0.1, -0.05) is 18.2 Å². The highest BCUT2D eigenvalue weighted by Gasteiger charge is 2.09. The number of carbonyl (C=O) groups excluding carboxylic acids is 1. The van der Waals surface area contributed by atoms with E-state index >= 15 is 0 Å². The van der Waals surface area contributed by atoms with Crippen molar-refractivity contribution in [3.63, 3.8) is 0 Å². The smallest absolute Gasteiger partial charge is 0.255 e. The second-order valence-electron chi connectivity index (χ2n) is 5.11. The largest absolute Gasteiger partial charge is 0.362 e. The molecule has 3 aromatic rings. The van der Waals surface area contributed by atoms with E-state index in [-0.39, 0.29) is 11.5 Å². The van der Waals surface area contributed by atoms with Crippen molar-refractivity contribution in [1.29, 1.82) is 0 Å². The molecule has 1 amide bonds. The lowest BCUT2D eigenvalue weighted by atomic mass is 10.1. The summed E-state index contributed by atoms with van der Waals surface area (Å²) in [7, 11) is 0. The van der Waals surface area contributed by atoms with Gasteiger partial charge in [0.05, 0.1) is 5.69 Å². The van der Waals surface area contributed by atoms with Crippen molar-refractivity contribution < 1.29 is 9.18 Å². The number of hydrogen-bond acceptors (Lipinski definition) is 4. The van der Waals surface area contributed by atoms with Gasteiger partial charge in [-0.25, -0.2) is 9.37 Å². The van der Waals surface area contributed by atoms with Gasteiger partial charge in [0.2, 0.25) is 0 Å². The van der Waals surface area contributed by atoms with Gasteiger partial charge in [0, 0.05) is 28.7 Å². The summed E-state index contributed by atoms with van der Waals surface area (Å²) >= 11 is 1.54. The van der Waals surface area contributed by atoms with Crippen LogP contribution in [-0.4, -0.2) is 17.4 Å². The Labute approximate surface area is 143 Å². The van der Waals surface area contributed by atoms with E-state index in [0.29, 0.717) is 5.69 Å². The molecule has 6 heteroatoms. The lowest BCUT2D eigenvalue weighted by molar-refractivity contribution is 0.102. The molecule has 0 bridgehead atoms. The Bertz CT molecular complexity index is 863. The Morgan fingerprint density at radius 1 is 1.21 bits per heavy atom. The zero-order chi connectivity index (χ0) is 16.9. The average molecular weight is 341 g/mol. The number of amides is 1. The molecule has 122 valence electrons.